The number of hydrogen-bond acceptors (Lipinski definition) is 4. The zero-order valence-electron chi connectivity index (χ0n) is 18.9. The van der Waals surface area contributed by atoms with Gasteiger partial charge in [-0.15, -0.1) is 0 Å². The molecule has 5 heteroatoms. The van der Waals surface area contributed by atoms with Gasteiger partial charge < -0.3 is 14.2 Å². The molecule has 5 nitrogen and oxygen atoms in total. The number of nitrogens with zero attached hydrogens (tertiary/aromatic N) is 1. The molecule has 1 unspecified atom stereocenters. The molecule has 0 bridgehead atoms. The van der Waals surface area contributed by atoms with E-state index in [4.69, 9.17) is 14.2 Å². The molecule has 1 heterocycles. The maximum atomic E-state index is 12.7. The van der Waals surface area contributed by atoms with Crippen LogP contribution >= 0.6 is 0 Å². The highest BCUT2D eigenvalue weighted by Crippen LogP contribution is 2.31. The minimum Gasteiger partial charge on any atom is -0.444 e. The van der Waals surface area contributed by atoms with Crippen LogP contribution in [-0.2, 0) is 14.2 Å². The molecule has 0 spiro atoms. The molecule has 0 aromatic heterocycles. The normalized spacial score (nSPS) is 24.9. The van der Waals surface area contributed by atoms with Gasteiger partial charge in [0.15, 0.2) is 0 Å². The summed E-state index contributed by atoms with van der Waals surface area (Å²) in [6, 6.07) is 0.00824. The molecule has 1 atom stereocenters. The topological polar surface area (TPSA) is 48.0 Å². The predicted octanol–water partition coefficient (Wildman–Crippen LogP) is 5.91. The van der Waals surface area contributed by atoms with E-state index in [1.807, 2.05) is 34.6 Å². The van der Waals surface area contributed by atoms with E-state index in [0.29, 0.717) is 19.1 Å². The van der Waals surface area contributed by atoms with Gasteiger partial charge in [0.2, 0.25) is 0 Å². The molecule has 0 aromatic rings. The Kier molecular flexibility index (Phi) is 9.07. The Labute approximate surface area is 172 Å². The summed E-state index contributed by atoms with van der Waals surface area (Å²) in [7, 11) is 0. The van der Waals surface area contributed by atoms with Crippen LogP contribution in [0.25, 0.3) is 0 Å². The number of carbonyl (C=O) groups is 1. The van der Waals surface area contributed by atoms with Gasteiger partial charge in [-0.05, 0) is 59.8 Å². The van der Waals surface area contributed by atoms with Gasteiger partial charge in [-0.2, -0.15) is 0 Å². The van der Waals surface area contributed by atoms with E-state index in [2.05, 4.69) is 0 Å². The number of hydrogen-bond donors (Lipinski definition) is 0. The fourth-order valence-corrected chi connectivity index (χ4v) is 4.31. The van der Waals surface area contributed by atoms with E-state index in [1.54, 1.807) is 4.90 Å². The van der Waals surface area contributed by atoms with Crippen LogP contribution in [0.1, 0.15) is 98.8 Å². The average Bonchev–Trinajstić information content (AvgIpc) is 2.90. The van der Waals surface area contributed by atoms with Crippen LogP contribution in [-0.4, -0.2) is 48.2 Å². The maximum absolute atomic E-state index is 12.7. The summed E-state index contributed by atoms with van der Waals surface area (Å²) in [5.74, 6) is 0.691. The number of carbonyl (C=O) groups excluding carboxylic acids is 1. The van der Waals surface area contributed by atoms with Gasteiger partial charge in [-0.25, -0.2) is 4.79 Å². The van der Waals surface area contributed by atoms with Crippen molar-refractivity contribution >= 4 is 6.09 Å². The number of rotatable bonds is 5. The van der Waals surface area contributed by atoms with Crippen LogP contribution in [0.3, 0.4) is 0 Å². The summed E-state index contributed by atoms with van der Waals surface area (Å²) in [5.41, 5.74) is -1.14. The zero-order valence-corrected chi connectivity index (χ0v) is 18.9. The first-order valence-electron chi connectivity index (χ1n) is 11.4. The molecule has 1 saturated heterocycles. The molecule has 2 rings (SSSR count). The van der Waals surface area contributed by atoms with Crippen LogP contribution in [0, 0.1) is 5.92 Å². The molecule has 1 amide bonds. The first-order chi connectivity index (χ1) is 13.2. The summed E-state index contributed by atoms with van der Waals surface area (Å²) in [5, 5.41) is 0. The molecule has 164 valence electrons. The average molecular weight is 398 g/mol. The Morgan fingerprint density at radius 2 is 1.61 bits per heavy atom. The Morgan fingerprint density at radius 3 is 2.18 bits per heavy atom. The highest BCUT2D eigenvalue weighted by molar-refractivity contribution is 5.69. The van der Waals surface area contributed by atoms with E-state index in [0.717, 1.165) is 13.0 Å². The second-order valence-electron chi connectivity index (χ2n) is 10.0. The van der Waals surface area contributed by atoms with Gasteiger partial charge in [0.05, 0.1) is 12.6 Å². The van der Waals surface area contributed by atoms with Gasteiger partial charge >= 0.3 is 6.09 Å². The lowest BCUT2D eigenvalue weighted by Gasteiger charge is -2.35. The van der Waals surface area contributed by atoms with Crippen LogP contribution in [0.4, 0.5) is 4.79 Å². The maximum Gasteiger partial charge on any atom is 0.412 e. The van der Waals surface area contributed by atoms with Gasteiger partial charge in [0.25, 0.3) is 0 Å². The zero-order chi connectivity index (χ0) is 20.6. The fourth-order valence-electron chi connectivity index (χ4n) is 4.31. The predicted molar refractivity (Wildman–Crippen MR) is 112 cm³/mol. The van der Waals surface area contributed by atoms with E-state index in [9.17, 15) is 4.79 Å². The highest BCUT2D eigenvalue weighted by atomic mass is 16.6. The molecule has 2 aliphatic rings. The molecular weight excluding hydrogens is 354 g/mol. The summed E-state index contributed by atoms with van der Waals surface area (Å²) in [6.07, 6.45) is 12.7. The molecular formula is C23H43NO4. The molecule has 28 heavy (non-hydrogen) atoms. The van der Waals surface area contributed by atoms with Crippen LogP contribution in [0.5, 0.6) is 0 Å². The third kappa shape index (κ3) is 7.90. The minimum atomic E-state index is -0.636. The smallest absolute Gasteiger partial charge is 0.412 e. The van der Waals surface area contributed by atoms with Gasteiger partial charge in [-0.3, -0.25) is 4.90 Å². The number of amides is 1. The standard InChI is InChI=1S/C23H43NO4/c1-22(2,3)28-21(25)24-20(18-27-23(24,4)5)15-16-26-17-19-13-11-9-7-6-8-10-12-14-19/h19-20H,6-18H2,1-5H3. The summed E-state index contributed by atoms with van der Waals surface area (Å²) in [6.45, 7) is 11.6. The van der Waals surface area contributed by atoms with Crippen molar-refractivity contribution in [1.82, 2.24) is 4.90 Å². The van der Waals surface area contributed by atoms with Crippen molar-refractivity contribution in [2.45, 2.75) is 116 Å². The van der Waals surface area contributed by atoms with Gasteiger partial charge in [0, 0.05) is 13.2 Å². The van der Waals surface area contributed by atoms with E-state index in [-0.39, 0.29) is 12.1 Å². The quantitative estimate of drug-likeness (QED) is 0.541. The van der Waals surface area contributed by atoms with Crippen LogP contribution in [0.2, 0.25) is 0 Å². The van der Waals surface area contributed by atoms with Gasteiger partial charge in [-0.1, -0.05) is 44.9 Å². The van der Waals surface area contributed by atoms with Crippen molar-refractivity contribution in [3.8, 4) is 0 Å². The molecule has 0 N–H and O–H groups in total. The highest BCUT2D eigenvalue weighted by Gasteiger charge is 2.45. The van der Waals surface area contributed by atoms with Crippen molar-refractivity contribution in [3.63, 3.8) is 0 Å². The van der Waals surface area contributed by atoms with Crippen molar-refractivity contribution in [3.05, 3.63) is 0 Å². The second kappa shape index (κ2) is 10.8. The van der Waals surface area contributed by atoms with Crippen molar-refractivity contribution < 1.29 is 19.0 Å². The molecule has 1 saturated carbocycles. The first-order valence-corrected chi connectivity index (χ1v) is 11.4. The van der Waals surface area contributed by atoms with Crippen molar-refractivity contribution in [2.24, 2.45) is 5.92 Å². The largest absolute Gasteiger partial charge is 0.444 e. The molecule has 1 aliphatic carbocycles. The Bertz CT molecular complexity index is 462. The third-order valence-electron chi connectivity index (χ3n) is 5.84. The monoisotopic (exact) mass is 397 g/mol. The Morgan fingerprint density at radius 1 is 1.04 bits per heavy atom. The summed E-state index contributed by atoms with van der Waals surface area (Å²) < 4.78 is 17.5. The Balaban J connectivity index is 1.77. The third-order valence-corrected chi connectivity index (χ3v) is 5.84. The van der Waals surface area contributed by atoms with Crippen LogP contribution in [0.15, 0.2) is 0 Å². The van der Waals surface area contributed by atoms with E-state index in [1.165, 1.54) is 57.8 Å². The second-order valence-corrected chi connectivity index (χ2v) is 10.0. The van der Waals surface area contributed by atoms with E-state index < -0.39 is 11.3 Å². The minimum absolute atomic E-state index is 0.00824. The summed E-state index contributed by atoms with van der Waals surface area (Å²) in [4.78, 5) is 14.4. The van der Waals surface area contributed by atoms with Crippen LogP contribution < -0.4 is 0 Å². The molecule has 2 fully saturated rings. The molecule has 0 aromatic carbocycles. The van der Waals surface area contributed by atoms with Gasteiger partial charge in [0.1, 0.15) is 11.3 Å². The van der Waals surface area contributed by atoms with E-state index >= 15 is 0 Å². The SMILES string of the molecule is CC(C)(C)OC(=O)N1C(CCOCC2CCCCCCCCC2)COC1(C)C. The fraction of sp³-hybridized carbons (Fsp3) is 0.957. The Hall–Kier alpha value is -0.810. The molecule has 1 aliphatic heterocycles. The number of ether oxygens (including phenoxy) is 3. The lowest BCUT2D eigenvalue weighted by Crippen LogP contribution is -2.50. The molecule has 0 radical (unpaired) electrons. The first kappa shape index (κ1) is 23.5. The lowest BCUT2D eigenvalue weighted by atomic mass is 9.93. The van der Waals surface area contributed by atoms with Crippen molar-refractivity contribution in [2.75, 3.05) is 19.8 Å². The van der Waals surface area contributed by atoms with Crippen molar-refractivity contribution in [1.29, 1.82) is 0 Å². The lowest BCUT2D eigenvalue weighted by molar-refractivity contribution is -0.0634. The summed E-state index contributed by atoms with van der Waals surface area (Å²) >= 11 is 0.